The lowest BCUT2D eigenvalue weighted by Crippen LogP contribution is -2.31. The number of primary amides is 1. The van der Waals surface area contributed by atoms with Gasteiger partial charge in [0.25, 0.3) is 11.5 Å². The second-order valence-corrected chi connectivity index (χ2v) is 11.1. The maximum atomic E-state index is 13.7. The normalized spacial score (nSPS) is 10.8. The summed E-state index contributed by atoms with van der Waals surface area (Å²) >= 11 is 7.42. The van der Waals surface area contributed by atoms with Crippen LogP contribution in [-0.4, -0.2) is 50.0 Å². The number of anilines is 1. The van der Waals surface area contributed by atoms with Gasteiger partial charge in [0.2, 0.25) is 11.7 Å². The molecule has 0 aliphatic rings. The second-order valence-electron chi connectivity index (χ2n) is 9.29. The van der Waals surface area contributed by atoms with Crippen LogP contribution in [0.4, 0.5) is 5.82 Å². The van der Waals surface area contributed by atoms with E-state index >= 15 is 0 Å². The molecule has 14 heteroatoms. The van der Waals surface area contributed by atoms with Gasteiger partial charge in [-0.3, -0.25) is 28.7 Å². The van der Waals surface area contributed by atoms with E-state index in [0.717, 1.165) is 21.2 Å². The molecule has 222 valence electrons. The van der Waals surface area contributed by atoms with Gasteiger partial charge in [0.1, 0.15) is 22.8 Å². The van der Waals surface area contributed by atoms with Gasteiger partial charge in [0.15, 0.2) is 0 Å². The number of nitrogens with zero attached hydrogens (tertiary/aromatic N) is 4. The number of methoxy groups -OCH3 is 1. The number of hydrogen-bond acceptors (Lipinski definition) is 10. The molecule has 5 rings (SSSR count). The Morgan fingerprint density at radius 2 is 1.80 bits per heavy atom. The first-order chi connectivity index (χ1) is 21.2. The topological polar surface area (TPSA) is 168 Å². The third kappa shape index (κ3) is 6.33. The van der Waals surface area contributed by atoms with Gasteiger partial charge in [0.05, 0.1) is 30.2 Å². The molecule has 44 heavy (non-hydrogen) atoms. The number of nitrogens with two attached hydrogens (primary N) is 1. The lowest BCUT2D eigenvalue weighted by molar-refractivity contribution is 0.0597. The number of Topliss-reactive ketones (excluding diaryl/α,β-unsaturated/α-hetero) is 1. The number of esters is 1. The largest absolute Gasteiger partial charge is 0.465 e. The first kappa shape index (κ1) is 30.1. The van der Waals surface area contributed by atoms with E-state index in [1.165, 1.54) is 66.1 Å². The van der Waals surface area contributed by atoms with Crippen LogP contribution in [-0.2, 0) is 17.8 Å². The first-order valence-corrected chi connectivity index (χ1v) is 14.1. The summed E-state index contributed by atoms with van der Waals surface area (Å²) in [4.78, 5) is 69.4. The Labute approximate surface area is 258 Å². The molecule has 0 aliphatic carbocycles. The second kappa shape index (κ2) is 12.9. The molecule has 1 amide bonds. The predicted molar refractivity (Wildman–Crippen MR) is 163 cm³/mol. The van der Waals surface area contributed by atoms with Crippen molar-refractivity contribution in [1.29, 1.82) is 0 Å². The third-order valence-corrected chi connectivity index (χ3v) is 7.69. The van der Waals surface area contributed by atoms with E-state index in [2.05, 4.69) is 15.4 Å². The van der Waals surface area contributed by atoms with E-state index in [0.29, 0.717) is 4.34 Å². The Morgan fingerprint density at radius 3 is 2.48 bits per heavy atom. The van der Waals surface area contributed by atoms with Gasteiger partial charge in [-0.05, 0) is 54.6 Å². The molecule has 12 nitrogen and oxygen atoms in total. The molecule has 0 radical (unpaired) electrons. The average Bonchev–Trinajstić information content (AvgIpc) is 3.66. The molecule has 4 heterocycles. The van der Waals surface area contributed by atoms with Gasteiger partial charge < -0.3 is 15.8 Å². The smallest absolute Gasteiger partial charge is 0.343 e. The van der Waals surface area contributed by atoms with Gasteiger partial charge in [-0.1, -0.05) is 23.7 Å². The summed E-state index contributed by atoms with van der Waals surface area (Å²) in [7, 11) is 1.14. The molecule has 0 bridgehead atoms. The number of carbonyl (C=O) groups excluding carboxylic acids is 4. The molecule has 0 spiro atoms. The zero-order valence-electron chi connectivity index (χ0n) is 23.0. The van der Waals surface area contributed by atoms with Crippen molar-refractivity contribution >= 4 is 52.3 Å². The van der Waals surface area contributed by atoms with Crippen LogP contribution in [0.1, 0.15) is 46.4 Å². The van der Waals surface area contributed by atoms with Crippen molar-refractivity contribution in [3.63, 3.8) is 0 Å². The van der Waals surface area contributed by atoms with Crippen molar-refractivity contribution in [3.05, 3.63) is 121 Å². The van der Waals surface area contributed by atoms with Crippen LogP contribution in [0.2, 0.25) is 4.34 Å². The minimum absolute atomic E-state index is 0.112. The number of pyridine rings is 2. The van der Waals surface area contributed by atoms with Crippen LogP contribution >= 0.6 is 22.9 Å². The number of amides is 1. The quantitative estimate of drug-likeness (QED) is 0.172. The first-order valence-electron chi connectivity index (χ1n) is 13.0. The molecule has 0 fully saturated rings. The zero-order chi connectivity index (χ0) is 31.4. The van der Waals surface area contributed by atoms with Crippen LogP contribution in [0.15, 0.2) is 83.8 Å². The third-order valence-electron chi connectivity index (χ3n) is 6.46. The van der Waals surface area contributed by atoms with E-state index in [1.807, 2.05) is 6.07 Å². The maximum absolute atomic E-state index is 13.7. The van der Waals surface area contributed by atoms with E-state index in [1.54, 1.807) is 18.2 Å². The van der Waals surface area contributed by atoms with Gasteiger partial charge in [-0.15, -0.1) is 11.3 Å². The fraction of sp³-hybridized carbons (Fsp3) is 0.100. The number of ketones is 1. The highest BCUT2D eigenvalue weighted by Gasteiger charge is 2.24. The molecule has 4 aromatic heterocycles. The monoisotopic (exact) mass is 630 g/mol. The van der Waals surface area contributed by atoms with Crippen molar-refractivity contribution in [1.82, 2.24) is 19.3 Å². The SMILES string of the molecule is COC(=O)c1ccc(-c2cc(NCc3ccc(Cl)s3)n(C(=O)c3cccc(C(N)=O)c3)n2)n(CC(=O)c2ccccn2)c1=O. The summed E-state index contributed by atoms with van der Waals surface area (Å²) < 4.78 is 7.49. The van der Waals surface area contributed by atoms with E-state index in [-0.39, 0.29) is 46.1 Å². The predicted octanol–water partition coefficient (Wildman–Crippen LogP) is 3.89. The fourth-order valence-electron chi connectivity index (χ4n) is 4.32. The summed E-state index contributed by atoms with van der Waals surface area (Å²) in [6, 6.07) is 18.4. The lowest BCUT2D eigenvalue weighted by atomic mass is 10.1. The highest BCUT2D eigenvalue weighted by Crippen LogP contribution is 2.26. The number of rotatable bonds is 10. The van der Waals surface area contributed by atoms with E-state index in [9.17, 15) is 24.0 Å². The van der Waals surface area contributed by atoms with Gasteiger partial charge in [0, 0.05) is 28.3 Å². The standard InChI is InChI=1S/C30H23ClN6O6S/c1-43-30(42)20-9-10-23(36(29(20)41)16-24(38)21-7-2-3-12-33-21)22-14-26(34-15-19-8-11-25(31)44-19)37(35-22)28(40)18-6-4-5-17(13-18)27(32)39/h2-14,34H,15-16H2,1H3,(H2,32,39). The van der Waals surface area contributed by atoms with E-state index < -0.39 is 35.7 Å². The van der Waals surface area contributed by atoms with Crippen molar-refractivity contribution in [2.75, 3.05) is 12.4 Å². The molecule has 0 saturated heterocycles. The van der Waals surface area contributed by atoms with Crippen LogP contribution in [0.25, 0.3) is 11.4 Å². The number of hydrogen-bond donors (Lipinski definition) is 2. The average molecular weight is 631 g/mol. The highest BCUT2D eigenvalue weighted by molar-refractivity contribution is 7.16. The van der Waals surface area contributed by atoms with Gasteiger partial charge in [-0.25, -0.2) is 4.79 Å². The Bertz CT molecular complexity index is 1970. The fourth-order valence-corrected chi connectivity index (χ4v) is 5.34. The van der Waals surface area contributed by atoms with Crippen LogP contribution in [0, 0.1) is 0 Å². The number of ether oxygens (including phenoxy) is 1. The lowest BCUT2D eigenvalue weighted by Gasteiger charge is -2.12. The van der Waals surface area contributed by atoms with Gasteiger partial charge >= 0.3 is 5.97 Å². The number of benzene rings is 1. The van der Waals surface area contributed by atoms with Crippen molar-refractivity contribution in [2.24, 2.45) is 5.73 Å². The van der Waals surface area contributed by atoms with Gasteiger partial charge in [-0.2, -0.15) is 9.78 Å². The minimum Gasteiger partial charge on any atom is -0.465 e. The van der Waals surface area contributed by atoms with Crippen LogP contribution in [0.5, 0.6) is 0 Å². The van der Waals surface area contributed by atoms with E-state index in [4.69, 9.17) is 22.1 Å². The molecule has 5 aromatic rings. The molecule has 0 saturated carbocycles. The summed E-state index contributed by atoms with van der Waals surface area (Å²) in [5.41, 5.74) is 4.97. The van der Waals surface area contributed by atoms with Crippen molar-refractivity contribution in [3.8, 4) is 11.4 Å². The summed E-state index contributed by atoms with van der Waals surface area (Å²) in [5.74, 6) is -2.45. The van der Waals surface area contributed by atoms with Crippen LogP contribution in [0.3, 0.4) is 0 Å². The Balaban J connectivity index is 1.62. The number of nitrogens with one attached hydrogen (secondary N) is 1. The Hall–Kier alpha value is -5.40. The number of thiophene rings is 1. The maximum Gasteiger partial charge on any atom is 0.343 e. The zero-order valence-corrected chi connectivity index (χ0v) is 24.6. The summed E-state index contributed by atoms with van der Waals surface area (Å²) in [5, 5.41) is 7.65. The number of carbonyl (C=O) groups is 4. The Kier molecular flexibility index (Phi) is 8.78. The van der Waals surface area contributed by atoms with Crippen molar-refractivity contribution < 1.29 is 23.9 Å². The number of halogens is 1. The molecule has 1 aromatic carbocycles. The molecule has 0 unspecified atom stereocenters. The molecule has 0 aliphatic heterocycles. The molecular weight excluding hydrogens is 608 g/mol. The molecule has 3 N–H and O–H groups in total. The molecule has 0 atom stereocenters. The minimum atomic E-state index is -0.882. The van der Waals surface area contributed by atoms with Crippen molar-refractivity contribution in [2.45, 2.75) is 13.1 Å². The van der Waals surface area contributed by atoms with Crippen LogP contribution < -0.4 is 16.6 Å². The summed E-state index contributed by atoms with van der Waals surface area (Å²) in [6.45, 7) is -0.197. The highest BCUT2D eigenvalue weighted by atomic mass is 35.5. The number of aromatic nitrogens is 4. The Morgan fingerprint density at radius 1 is 1.00 bits per heavy atom. The summed E-state index contributed by atoms with van der Waals surface area (Å²) in [6.07, 6.45) is 1.45. The molecular formula is C30H23ClN6O6S.